The number of esters is 1. The van der Waals surface area contributed by atoms with Crippen molar-refractivity contribution < 1.29 is 19.1 Å². The average Bonchev–Trinajstić information content (AvgIpc) is 3.06. The molecule has 0 spiro atoms. The van der Waals surface area contributed by atoms with Gasteiger partial charge in [-0.3, -0.25) is 4.79 Å². The molecule has 1 aliphatic rings. The fourth-order valence-corrected chi connectivity index (χ4v) is 2.72. The van der Waals surface area contributed by atoms with Gasteiger partial charge in [-0.25, -0.2) is 9.78 Å². The zero-order chi connectivity index (χ0) is 16.4. The van der Waals surface area contributed by atoms with E-state index >= 15 is 0 Å². The van der Waals surface area contributed by atoms with Crippen LogP contribution in [0.25, 0.3) is 0 Å². The summed E-state index contributed by atoms with van der Waals surface area (Å²) in [5, 5.41) is 0. The Kier molecular flexibility index (Phi) is 4.01. The first kappa shape index (κ1) is 15.1. The highest BCUT2D eigenvalue weighted by atomic mass is 16.5. The summed E-state index contributed by atoms with van der Waals surface area (Å²) in [6, 6.07) is 6.16. The lowest BCUT2D eigenvalue weighted by molar-refractivity contribution is -0.146. The third-order valence-corrected chi connectivity index (χ3v) is 3.95. The van der Waals surface area contributed by atoms with E-state index in [4.69, 9.17) is 9.47 Å². The number of nitrogens with one attached hydrogen (secondary N) is 1. The minimum Gasteiger partial charge on any atom is -0.497 e. The molecule has 1 atom stereocenters. The second-order valence-corrected chi connectivity index (χ2v) is 5.24. The minimum absolute atomic E-state index is 0.250. The summed E-state index contributed by atoms with van der Waals surface area (Å²) in [5.74, 6) is -0.112. The number of H-pyrrole nitrogens is 1. The number of rotatable bonds is 3. The Morgan fingerprint density at radius 3 is 2.91 bits per heavy atom. The number of ether oxygens (including phenoxy) is 2. The van der Waals surface area contributed by atoms with E-state index in [1.807, 2.05) is 0 Å². The van der Waals surface area contributed by atoms with Gasteiger partial charge in [0, 0.05) is 12.0 Å². The van der Waals surface area contributed by atoms with E-state index in [2.05, 4.69) is 9.97 Å². The van der Waals surface area contributed by atoms with Gasteiger partial charge in [-0.05, 0) is 18.2 Å². The highest BCUT2D eigenvalue weighted by molar-refractivity contribution is 5.97. The largest absolute Gasteiger partial charge is 0.497 e. The van der Waals surface area contributed by atoms with Gasteiger partial charge < -0.3 is 19.4 Å². The molecule has 0 radical (unpaired) electrons. The van der Waals surface area contributed by atoms with E-state index in [-0.39, 0.29) is 12.5 Å². The van der Waals surface area contributed by atoms with Gasteiger partial charge in [0.05, 0.1) is 38.5 Å². The van der Waals surface area contributed by atoms with Crippen molar-refractivity contribution in [3.63, 3.8) is 0 Å². The van der Waals surface area contributed by atoms with Crippen LogP contribution in [-0.2, 0) is 22.5 Å². The number of carbonyl (C=O) groups excluding carboxylic acids is 2. The molecule has 0 bridgehead atoms. The maximum absolute atomic E-state index is 12.9. The number of carbonyl (C=O) groups is 2. The molecule has 3 rings (SSSR count). The van der Waals surface area contributed by atoms with Gasteiger partial charge in [-0.15, -0.1) is 0 Å². The van der Waals surface area contributed by atoms with Gasteiger partial charge in [0.25, 0.3) is 5.91 Å². The number of benzene rings is 1. The van der Waals surface area contributed by atoms with Crippen molar-refractivity contribution in [3.8, 4) is 5.75 Å². The first-order valence-electron chi connectivity index (χ1n) is 7.18. The molecule has 120 valence electrons. The number of aromatic amines is 1. The fourth-order valence-electron chi connectivity index (χ4n) is 2.72. The van der Waals surface area contributed by atoms with Gasteiger partial charge in [-0.1, -0.05) is 6.07 Å². The van der Waals surface area contributed by atoms with Gasteiger partial charge >= 0.3 is 5.97 Å². The lowest BCUT2D eigenvalue weighted by Crippen LogP contribution is -2.49. The Morgan fingerprint density at radius 1 is 1.35 bits per heavy atom. The number of nitrogens with zero attached hydrogens (tertiary/aromatic N) is 2. The van der Waals surface area contributed by atoms with Crippen LogP contribution in [0.15, 0.2) is 30.6 Å². The van der Waals surface area contributed by atoms with E-state index in [1.54, 1.807) is 37.7 Å². The standard InChI is InChI=1S/C16H17N3O4/c1-22-11-5-3-4-10(6-11)15(20)19-8-13-12(17-9-18-13)7-14(19)16(21)23-2/h3-6,9,14H,7-8H2,1-2H3,(H,17,18). The molecule has 7 heteroatoms. The van der Waals surface area contributed by atoms with E-state index < -0.39 is 12.0 Å². The van der Waals surface area contributed by atoms with E-state index in [0.29, 0.717) is 17.7 Å². The van der Waals surface area contributed by atoms with Crippen molar-refractivity contribution in [2.75, 3.05) is 14.2 Å². The van der Waals surface area contributed by atoms with Crippen LogP contribution in [0, 0.1) is 0 Å². The number of hydrogen-bond acceptors (Lipinski definition) is 5. The molecule has 1 N–H and O–H groups in total. The van der Waals surface area contributed by atoms with E-state index in [1.165, 1.54) is 12.0 Å². The maximum Gasteiger partial charge on any atom is 0.329 e. The van der Waals surface area contributed by atoms with Gasteiger partial charge in [0.1, 0.15) is 11.8 Å². The van der Waals surface area contributed by atoms with Gasteiger partial charge in [0.2, 0.25) is 0 Å². The summed E-state index contributed by atoms with van der Waals surface area (Å²) < 4.78 is 10.0. The summed E-state index contributed by atoms with van der Waals surface area (Å²) in [5.41, 5.74) is 2.08. The molecule has 2 aromatic rings. The van der Waals surface area contributed by atoms with Crippen LogP contribution in [0.2, 0.25) is 0 Å². The fraction of sp³-hybridized carbons (Fsp3) is 0.312. The molecule has 1 aliphatic heterocycles. The van der Waals surface area contributed by atoms with Crippen molar-refractivity contribution in [1.82, 2.24) is 14.9 Å². The smallest absolute Gasteiger partial charge is 0.329 e. The van der Waals surface area contributed by atoms with Crippen molar-refractivity contribution in [1.29, 1.82) is 0 Å². The summed E-state index contributed by atoms with van der Waals surface area (Å²) in [7, 11) is 2.86. The molecule has 0 saturated heterocycles. The van der Waals surface area contributed by atoms with Crippen LogP contribution in [0.3, 0.4) is 0 Å². The zero-order valence-electron chi connectivity index (χ0n) is 12.9. The Hall–Kier alpha value is -2.83. The Morgan fingerprint density at radius 2 is 2.17 bits per heavy atom. The molecule has 2 heterocycles. The van der Waals surface area contributed by atoms with Crippen molar-refractivity contribution in [2.24, 2.45) is 0 Å². The quantitative estimate of drug-likeness (QED) is 0.859. The second-order valence-electron chi connectivity index (χ2n) is 5.24. The van der Waals surface area contributed by atoms with Crippen molar-refractivity contribution in [3.05, 3.63) is 47.5 Å². The number of methoxy groups -OCH3 is 2. The Bertz CT molecular complexity index is 740. The number of hydrogen-bond donors (Lipinski definition) is 1. The maximum atomic E-state index is 12.9. The number of imidazole rings is 1. The van der Waals surface area contributed by atoms with Crippen LogP contribution < -0.4 is 4.74 Å². The number of amides is 1. The van der Waals surface area contributed by atoms with Crippen LogP contribution in [0.1, 0.15) is 21.7 Å². The van der Waals surface area contributed by atoms with E-state index in [9.17, 15) is 9.59 Å². The van der Waals surface area contributed by atoms with Crippen LogP contribution in [0.4, 0.5) is 0 Å². The molecule has 1 aromatic heterocycles. The highest BCUT2D eigenvalue weighted by Gasteiger charge is 2.37. The topological polar surface area (TPSA) is 84.5 Å². The first-order chi connectivity index (χ1) is 11.1. The molecule has 0 fully saturated rings. The van der Waals surface area contributed by atoms with Crippen LogP contribution in [0.5, 0.6) is 5.75 Å². The molecular weight excluding hydrogens is 298 g/mol. The number of aromatic nitrogens is 2. The molecule has 0 aliphatic carbocycles. The van der Waals surface area contributed by atoms with Crippen molar-refractivity contribution in [2.45, 2.75) is 19.0 Å². The predicted octanol–water partition coefficient (Wildman–Crippen LogP) is 1.16. The summed E-state index contributed by atoms with van der Waals surface area (Å²) >= 11 is 0. The summed E-state index contributed by atoms with van der Waals surface area (Å²) in [6.45, 7) is 0.283. The molecule has 1 unspecified atom stereocenters. The molecular formula is C16H17N3O4. The molecule has 23 heavy (non-hydrogen) atoms. The lowest BCUT2D eigenvalue weighted by atomic mass is 10.0. The van der Waals surface area contributed by atoms with E-state index in [0.717, 1.165) is 11.4 Å². The lowest BCUT2D eigenvalue weighted by Gasteiger charge is -2.33. The zero-order valence-corrected chi connectivity index (χ0v) is 12.9. The highest BCUT2D eigenvalue weighted by Crippen LogP contribution is 2.24. The normalized spacial score (nSPS) is 16.6. The third-order valence-electron chi connectivity index (χ3n) is 3.95. The Labute approximate surface area is 133 Å². The first-order valence-corrected chi connectivity index (χ1v) is 7.18. The third kappa shape index (κ3) is 2.77. The molecule has 0 saturated carbocycles. The summed E-state index contributed by atoms with van der Waals surface area (Å²) in [4.78, 5) is 33.7. The number of fused-ring (bicyclic) bond motifs is 1. The average molecular weight is 315 g/mol. The minimum atomic E-state index is -0.686. The Balaban J connectivity index is 1.94. The predicted molar refractivity (Wildman–Crippen MR) is 81.0 cm³/mol. The van der Waals surface area contributed by atoms with Gasteiger partial charge in [-0.2, -0.15) is 0 Å². The monoisotopic (exact) mass is 315 g/mol. The van der Waals surface area contributed by atoms with Crippen molar-refractivity contribution >= 4 is 11.9 Å². The second kappa shape index (κ2) is 6.12. The van der Waals surface area contributed by atoms with Gasteiger partial charge in [0.15, 0.2) is 0 Å². The SMILES string of the molecule is COC(=O)C1Cc2nc[nH]c2CN1C(=O)c1cccc(OC)c1. The molecule has 1 aromatic carbocycles. The molecule has 1 amide bonds. The summed E-state index contributed by atoms with van der Waals surface area (Å²) in [6.07, 6.45) is 1.90. The van der Waals surface area contributed by atoms with Crippen LogP contribution >= 0.6 is 0 Å². The van der Waals surface area contributed by atoms with Crippen LogP contribution in [-0.4, -0.2) is 47.0 Å². The molecule has 7 nitrogen and oxygen atoms in total.